The zero-order valence-electron chi connectivity index (χ0n) is 15.7. The van der Waals surface area contributed by atoms with Gasteiger partial charge in [0.15, 0.2) is 0 Å². The van der Waals surface area contributed by atoms with Crippen molar-refractivity contribution in [1.82, 2.24) is 5.32 Å². The van der Waals surface area contributed by atoms with Crippen molar-refractivity contribution in [3.63, 3.8) is 0 Å². The van der Waals surface area contributed by atoms with Gasteiger partial charge in [-0.3, -0.25) is 9.59 Å². The number of sulfonamides is 1. The third-order valence-corrected chi connectivity index (χ3v) is 4.76. The minimum atomic E-state index is -3.76. The zero-order chi connectivity index (χ0) is 21.4. The fraction of sp³-hybridized carbons (Fsp3) is 0.211. The molecule has 0 bridgehead atoms. The van der Waals surface area contributed by atoms with Gasteiger partial charge in [-0.2, -0.15) is 0 Å². The Morgan fingerprint density at radius 1 is 1.00 bits per heavy atom. The molecule has 2 aromatic carbocycles. The molecule has 0 aliphatic heterocycles. The summed E-state index contributed by atoms with van der Waals surface area (Å²) in [5.41, 5.74) is 1.07. The monoisotopic (exact) mass is 419 g/mol. The van der Waals surface area contributed by atoms with Crippen LogP contribution in [-0.4, -0.2) is 39.4 Å². The Bertz CT molecular complexity index is 1000. The van der Waals surface area contributed by atoms with Gasteiger partial charge in [0.2, 0.25) is 10.0 Å². The van der Waals surface area contributed by atoms with Crippen LogP contribution in [0.5, 0.6) is 0 Å². The van der Waals surface area contributed by atoms with Crippen molar-refractivity contribution >= 4 is 33.5 Å². The van der Waals surface area contributed by atoms with Crippen molar-refractivity contribution in [1.29, 1.82) is 0 Å². The van der Waals surface area contributed by atoms with Crippen LogP contribution in [0.3, 0.4) is 0 Å². The van der Waals surface area contributed by atoms with Crippen LogP contribution in [0.4, 0.5) is 5.69 Å². The van der Waals surface area contributed by atoms with E-state index >= 15 is 0 Å². The second kappa shape index (κ2) is 9.80. The number of primary sulfonamides is 1. The molecule has 0 aliphatic rings. The molecule has 4 N–H and O–H groups in total. The predicted molar refractivity (Wildman–Crippen MR) is 106 cm³/mol. The fourth-order valence-corrected chi connectivity index (χ4v) is 2.92. The minimum absolute atomic E-state index is 0.00933. The van der Waals surface area contributed by atoms with Crippen LogP contribution >= 0.6 is 0 Å². The van der Waals surface area contributed by atoms with Crippen LogP contribution in [0.1, 0.15) is 22.8 Å². The Balaban J connectivity index is 1.90. The number of esters is 1. The molecule has 2 rings (SSSR count). The lowest BCUT2D eigenvalue weighted by atomic mass is 10.1. The number of benzene rings is 2. The average Bonchev–Trinajstić information content (AvgIpc) is 2.68. The molecule has 0 saturated heterocycles. The summed E-state index contributed by atoms with van der Waals surface area (Å²) >= 11 is 0. The average molecular weight is 419 g/mol. The number of hydrogen-bond donors (Lipinski definition) is 3. The van der Waals surface area contributed by atoms with Gasteiger partial charge in [-0.15, -0.1) is 0 Å². The predicted octanol–water partition coefficient (Wildman–Crippen LogP) is 0.808. The summed E-state index contributed by atoms with van der Waals surface area (Å²) in [6, 6.07) is 12.1. The number of amides is 2. The highest BCUT2D eigenvalue weighted by Gasteiger charge is 2.18. The summed E-state index contributed by atoms with van der Waals surface area (Å²) in [5.74, 6) is -2.40. The first-order chi connectivity index (χ1) is 13.7. The molecule has 0 aromatic heterocycles. The quantitative estimate of drug-likeness (QED) is 0.447. The largest absolute Gasteiger partial charge is 0.462 e. The first kappa shape index (κ1) is 22.1. The molecule has 0 fully saturated rings. The Labute approximate surface area is 168 Å². The molecule has 0 unspecified atom stereocenters. The Kier molecular flexibility index (Phi) is 7.46. The molecule has 0 aliphatic carbocycles. The summed E-state index contributed by atoms with van der Waals surface area (Å²) in [6.45, 7) is 2.00. The van der Waals surface area contributed by atoms with Crippen LogP contribution < -0.4 is 15.8 Å². The van der Waals surface area contributed by atoms with Crippen LogP contribution in [0.2, 0.25) is 0 Å². The Morgan fingerprint density at radius 3 is 2.28 bits per heavy atom. The summed E-state index contributed by atoms with van der Waals surface area (Å²) in [6.07, 6.45) is 0.378. The van der Waals surface area contributed by atoms with Crippen molar-refractivity contribution in [2.24, 2.45) is 5.14 Å². The van der Waals surface area contributed by atoms with E-state index in [0.717, 1.165) is 5.56 Å². The molecule has 10 heteroatoms. The van der Waals surface area contributed by atoms with Gasteiger partial charge in [-0.05, 0) is 43.2 Å². The molecule has 2 aromatic rings. The number of rotatable bonds is 7. The lowest BCUT2D eigenvalue weighted by Crippen LogP contribution is -2.36. The normalized spacial score (nSPS) is 10.8. The van der Waals surface area contributed by atoms with E-state index in [1.165, 1.54) is 24.3 Å². The van der Waals surface area contributed by atoms with Crippen LogP contribution in [0.25, 0.3) is 0 Å². The van der Waals surface area contributed by atoms with Crippen molar-refractivity contribution in [3.8, 4) is 0 Å². The molecule has 0 heterocycles. The first-order valence-corrected chi connectivity index (χ1v) is 10.2. The van der Waals surface area contributed by atoms with Gasteiger partial charge in [0.1, 0.15) is 0 Å². The zero-order valence-corrected chi connectivity index (χ0v) is 16.5. The molecular formula is C19H21N3O6S. The van der Waals surface area contributed by atoms with E-state index in [1.54, 1.807) is 31.2 Å². The molecule has 0 spiro atoms. The number of anilines is 1. The van der Waals surface area contributed by atoms with Gasteiger partial charge < -0.3 is 15.4 Å². The maximum Gasteiger partial charge on any atom is 0.340 e. The molecular weight excluding hydrogens is 398 g/mol. The summed E-state index contributed by atoms with van der Waals surface area (Å²) < 4.78 is 27.4. The van der Waals surface area contributed by atoms with E-state index in [2.05, 4.69) is 10.6 Å². The molecule has 9 nitrogen and oxygen atoms in total. The van der Waals surface area contributed by atoms with E-state index in [0.29, 0.717) is 6.42 Å². The van der Waals surface area contributed by atoms with Crippen LogP contribution in [-0.2, 0) is 30.8 Å². The fourth-order valence-electron chi connectivity index (χ4n) is 2.40. The van der Waals surface area contributed by atoms with Crippen LogP contribution in [0.15, 0.2) is 53.4 Å². The summed E-state index contributed by atoms with van der Waals surface area (Å²) in [4.78, 5) is 36.0. The van der Waals surface area contributed by atoms with E-state index in [9.17, 15) is 22.8 Å². The molecule has 29 heavy (non-hydrogen) atoms. The molecule has 0 radical (unpaired) electrons. The highest BCUT2D eigenvalue weighted by Crippen LogP contribution is 2.16. The van der Waals surface area contributed by atoms with E-state index in [1.807, 2.05) is 0 Å². The lowest BCUT2D eigenvalue weighted by Gasteiger charge is -2.10. The second-order valence-electron chi connectivity index (χ2n) is 5.92. The summed E-state index contributed by atoms with van der Waals surface area (Å²) in [7, 11) is -3.76. The number of para-hydroxylation sites is 1. The van der Waals surface area contributed by atoms with Crippen molar-refractivity contribution in [2.45, 2.75) is 18.2 Å². The van der Waals surface area contributed by atoms with Gasteiger partial charge in [0.05, 0.1) is 22.8 Å². The van der Waals surface area contributed by atoms with Gasteiger partial charge >= 0.3 is 17.8 Å². The minimum Gasteiger partial charge on any atom is -0.462 e. The Hall–Kier alpha value is -3.24. The maximum absolute atomic E-state index is 12.1. The van der Waals surface area contributed by atoms with Crippen LogP contribution in [0, 0.1) is 0 Å². The Morgan fingerprint density at radius 2 is 1.66 bits per heavy atom. The number of nitrogens with one attached hydrogen (secondary N) is 2. The highest BCUT2D eigenvalue weighted by atomic mass is 32.2. The SMILES string of the molecule is CCOC(=O)c1ccccc1NC(=O)C(=O)NCCc1ccc(S(N)(=O)=O)cc1. The maximum atomic E-state index is 12.1. The van der Waals surface area contributed by atoms with Gasteiger partial charge in [-0.1, -0.05) is 24.3 Å². The third-order valence-electron chi connectivity index (χ3n) is 3.83. The number of carbonyl (C=O) groups is 3. The lowest BCUT2D eigenvalue weighted by molar-refractivity contribution is -0.136. The number of carbonyl (C=O) groups excluding carboxylic acids is 3. The van der Waals surface area contributed by atoms with E-state index < -0.39 is 27.8 Å². The molecule has 0 saturated carbocycles. The smallest absolute Gasteiger partial charge is 0.340 e. The number of nitrogens with two attached hydrogens (primary N) is 1. The van der Waals surface area contributed by atoms with E-state index in [4.69, 9.17) is 9.88 Å². The number of hydrogen-bond acceptors (Lipinski definition) is 6. The van der Waals surface area contributed by atoms with Gasteiger partial charge in [0.25, 0.3) is 0 Å². The topological polar surface area (TPSA) is 145 Å². The standard InChI is InChI=1S/C19H21N3O6S/c1-2-28-19(25)15-5-3-4-6-16(15)22-18(24)17(23)21-12-11-13-7-9-14(10-8-13)29(20,26)27/h3-10H,2,11-12H2,1H3,(H,21,23)(H,22,24)(H2,20,26,27). The van der Waals surface area contributed by atoms with Crippen molar-refractivity contribution in [3.05, 3.63) is 59.7 Å². The van der Waals surface area contributed by atoms with Gasteiger partial charge in [-0.25, -0.2) is 18.4 Å². The summed E-state index contributed by atoms with van der Waals surface area (Å²) in [5, 5.41) is 9.88. The molecule has 2 amide bonds. The van der Waals surface area contributed by atoms with E-state index in [-0.39, 0.29) is 29.3 Å². The number of ether oxygens (including phenoxy) is 1. The highest BCUT2D eigenvalue weighted by molar-refractivity contribution is 7.89. The second-order valence-corrected chi connectivity index (χ2v) is 7.48. The van der Waals surface area contributed by atoms with Gasteiger partial charge in [0, 0.05) is 6.54 Å². The molecule has 0 atom stereocenters. The molecule has 154 valence electrons. The first-order valence-electron chi connectivity index (χ1n) is 8.69. The van der Waals surface area contributed by atoms with Crippen molar-refractivity contribution < 1.29 is 27.5 Å². The van der Waals surface area contributed by atoms with Crippen molar-refractivity contribution in [2.75, 3.05) is 18.5 Å². The third kappa shape index (κ3) is 6.40.